The van der Waals surface area contributed by atoms with Gasteiger partial charge in [0.15, 0.2) is 0 Å². The highest BCUT2D eigenvalue weighted by atomic mass is 35.5. The Kier molecular flexibility index (Phi) is 4.84. The number of hydrogen-bond donors (Lipinski definition) is 0. The van der Waals surface area contributed by atoms with Crippen molar-refractivity contribution in [3.63, 3.8) is 0 Å². The second-order valence-corrected chi connectivity index (χ2v) is 5.68. The van der Waals surface area contributed by atoms with E-state index in [1.807, 2.05) is 32.9 Å². The molecule has 2 aromatic rings. The standard InChI is InChI=1S/C17H19ClFNO/c1-5-11-6-12(18)9-20-17(11)14-7-13(10(2)3)15(19)8-16(14)21-4/h6-10H,5H2,1-4H3. The molecule has 0 unspecified atom stereocenters. The van der Waals surface area contributed by atoms with Crippen LogP contribution < -0.4 is 4.74 Å². The molecule has 0 spiro atoms. The molecular formula is C17H19ClFNO. The van der Waals surface area contributed by atoms with Crippen LogP contribution in [0.15, 0.2) is 24.4 Å². The van der Waals surface area contributed by atoms with Crippen LogP contribution in [-0.2, 0) is 6.42 Å². The summed E-state index contributed by atoms with van der Waals surface area (Å²) in [6.07, 6.45) is 2.40. The Bertz CT molecular complexity index is 655. The van der Waals surface area contributed by atoms with Gasteiger partial charge in [0.1, 0.15) is 11.6 Å². The van der Waals surface area contributed by atoms with E-state index in [4.69, 9.17) is 16.3 Å². The fourth-order valence-corrected chi connectivity index (χ4v) is 2.54. The summed E-state index contributed by atoms with van der Waals surface area (Å²) < 4.78 is 19.4. The molecule has 2 nitrogen and oxygen atoms in total. The highest BCUT2D eigenvalue weighted by Gasteiger charge is 2.17. The number of rotatable bonds is 4. The van der Waals surface area contributed by atoms with E-state index in [-0.39, 0.29) is 11.7 Å². The first-order chi connectivity index (χ1) is 9.97. The van der Waals surface area contributed by atoms with Gasteiger partial charge in [-0.25, -0.2) is 4.39 Å². The van der Waals surface area contributed by atoms with Crippen LogP contribution in [0.4, 0.5) is 4.39 Å². The molecule has 0 fully saturated rings. The number of ether oxygens (including phenoxy) is 1. The fourth-order valence-electron chi connectivity index (χ4n) is 2.36. The molecule has 0 amide bonds. The Hall–Kier alpha value is -1.61. The van der Waals surface area contributed by atoms with Gasteiger partial charge in [0.05, 0.1) is 17.8 Å². The minimum atomic E-state index is -0.252. The van der Waals surface area contributed by atoms with Gasteiger partial charge in [-0.2, -0.15) is 0 Å². The topological polar surface area (TPSA) is 22.1 Å². The molecule has 112 valence electrons. The average Bonchev–Trinajstić information content (AvgIpc) is 2.46. The highest BCUT2D eigenvalue weighted by Crippen LogP contribution is 2.36. The summed E-state index contributed by atoms with van der Waals surface area (Å²) in [6, 6.07) is 5.15. The van der Waals surface area contributed by atoms with Crippen LogP contribution in [0.3, 0.4) is 0 Å². The Balaban J connectivity index is 2.70. The van der Waals surface area contributed by atoms with Crippen molar-refractivity contribution in [3.8, 4) is 17.0 Å². The lowest BCUT2D eigenvalue weighted by Crippen LogP contribution is -2.00. The lowest BCUT2D eigenvalue weighted by atomic mass is 9.96. The first-order valence-electron chi connectivity index (χ1n) is 7.00. The van der Waals surface area contributed by atoms with Gasteiger partial charge in [0.25, 0.3) is 0 Å². The molecule has 0 saturated carbocycles. The minimum Gasteiger partial charge on any atom is -0.496 e. The van der Waals surface area contributed by atoms with Gasteiger partial charge < -0.3 is 4.74 Å². The molecule has 1 heterocycles. The summed E-state index contributed by atoms with van der Waals surface area (Å²) in [5.74, 6) is 0.325. The maximum Gasteiger partial charge on any atom is 0.131 e. The molecule has 4 heteroatoms. The molecule has 1 aromatic carbocycles. The number of halogens is 2. The molecule has 0 N–H and O–H groups in total. The van der Waals surface area contributed by atoms with Crippen molar-refractivity contribution in [2.24, 2.45) is 0 Å². The van der Waals surface area contributed by atoms with Crippen LogP contribution in [0, 0.1) is 5.82 Å². The molecule has 0 atom stereocenters. The summed E-state index contributed by atoms with van der Waals surface area (Å²) in [7, 11) is 1.54. The van der Waals surface area contributed by atoms with Gasteiger partial charge in [-0.15, -0.1) is 0 Å². The second-order valence-electron chi connectivity index (χ2n) is 5.24. The van der Waals surface area contributed by atoms with Gasteiger partial charge in [0.2, 0.25) is 0 Å². The number of aromatic nitrogens is 1. The number of pyridine rings is 1. The van der Waals surface area contributed by atoms with Crippen LogP contribution in [0.2, 0.25) is 5.02 Å². The molecule has 0 aliphatic heterocycles. The van der Waals surface area contributed by atoms with Crippen molar-refractivity contribution < 1.29 is 9.13 Å². The lowest BCUT2D eigenvalue weighted by Gasteiger charge is -2.15. The maximum atomic E-state index is 14.1. The summed E-state index contributed by atoms with van der Waals surface area (Å²) in [5.41, 5.74) is 3.27. The molecule has 1 aromatic heterocycles. The molecule has 0 bridgehead atoms. The van der Waals surface area contributed by atoms with Crippen molar-refractivity contribution in [1.29, 1.82) is 0 Å². The zero-order chi connectivity index (χ0) is 15.6. The summed E-state index contributed by atoms with van der Waals surface area (Å²) in [4.78, 5) is 4.42. The summed E-state index contributed by atoms with van der Waals surface area (Å²) in [5, 5.41) is 0.598. The molecular weight excluding hydrogens is 289 g/mol. The Labute approximate surface area is 129 Å². The smallest absolute Gasteiger partial charge is 0.131 e. The molecule has 0 aliphatic rings. The van der Waals surface area contributed by atoms with Gasteiger partial charge in [0, 0.05) is 17.8 Å². The fraction of sp³-hybridized carbons (Fsp3) is 0.353. The third kappa shape index (κ3) is 3.18. The van der Waals surface area contributed by atoms with Gasteiger partial charge >= 0.3 is 0 Å². The van der Waals surface area contributed by atoms with Crippen LogP contribution in [0.1, 0.15) is 37.8 Å². The Morgan fingerprint density at radius 2 is 2.00 bits per heavy atom. The number of aryl methyl sites for hydroxylation is 1. The number of nitrogens with zero attached hydrogens (tertiary/aromatic N) is 1. The van der Waals surface area contributed by atoms with Crippen LogP contribution >= 0.6 is 11.6 Å². The Morgan fingerprint density at radius 3 is 2.57 bits per heavy atom. The van der Waals surface area contributed by atoms with E-state index in [9.17, 15) is 4.39 Å². The summed E-state index contributed by atoms with van der Waals surface area (Å²) >= 11 is 6.01. The normalized spacial score (nSPS) is 11.0. The lowest BCUT2D eigenvalue weighted by molar-refractivity contribution is 0.412. The zero-order valence-electron chi connectivity index (χ0n) is 12.7. The van der Waals surface area contributed by atoms with Gasteiger partial charge in [-0.05, 0) is 35.6 Å². The Morgan fingerprint density at radius 1 is 1.29 bits per heavy atom. The first kappa shape index (κ1) is 15.8. The number of benzene rings is 1. The predicted octanol–water partition coefficient (Wildman–Crippen LogP) is 5.24. The zero-order valence-corrected chi connectivity index (χ0v) is 13.5. The van der Waals surface area contributed by atoms with Crippen molar-refractivity contribution >= 4 is 11.6 Å². The van der Waals surface area contributed by atoms with E-state index in [0.29, 0.717) is 16.3 Å². The van der Waals surface area contributed by atoms with Crippen molar-refractivity contribution in [3.05, 3.63) is 46.4 Å². The molecule has 21 heavy (non-hydrogen) atoms. The van der Waals surface area contributed by atoms with Crippen molar-refractivity contribution in [2.75, 3.05) is 7.11 Å². The maximum absolute atomic E-state index is 14.1. The van der Waals surface area contributed by atoms with Crippen molar-refractivity contribution in [2.45, 2.75) is 33.1 Å². The van der Waals surface area contributed by atoms with Crippen LogP contribution in [-0.4, -0.2) is 12.1 Å². The number of hydrogen-bond acceptors (Lipinski definition) is 2. The van der Waals surface area contributed by atoms with Gasteiger partial charge in [-0.3, -0.25) is 4.98 Å². The molecule has 2 rings (SSSR count). The van der Waals surface area contributed by atoms with E-state index in [0.717, 1.165) is 23.2 Å². The van der Waals surface area contributed by atoms with E-state index in [2.05, 4.69) is 4.98 Å². The summed E-state index contributed by atoms with van der Waals surface area (Å²) in [6.45, 7) is 5.96. The second kappa shape index (κ2) is 6.44. The van der Waals surface area contributed by atoms with E-state index in [1.165, 1.54) is 13.2 Å². The third-order valence-corrected chi connectivity index (χ3v) is 3.72. The minimum absolute atomic E-state index is 0.0898. The SMILES string of the molecule is CCc1cc(Cl)cnc1-c1cc(C(C)C)c(F)cc1OC. The predicted molar refractivity (Wildman–Crippen MR) is 84.7 cm³/mol. The highest BCUT2D eigenvalue weighted by molar-refractivity contribution is 6.30. The molecule has 0 radical (unpaired) electrons. The average molecular weight is 308 g/mol. The first-order valence-corrected chi connectivity index (χ1v) is 7.37. The van der Waals surface area contributed by atoms with Crippen LogP contribution in [0.5, 0.6) is 5.75 Å². The van der Waals surface area contributed by atoms with E-state index < -0.39 is 0 Å². The van der Waals surface area contributed by atoms with E-state index >= 15 is 0 Å². The number of methoxy groups -OCH3 is 1. The van der Waals surface area contributed by atoms with E-state index in [1.54, 1.807) is 6.20 Å². The largest absolute Gasteiger partial charge is 0.496 e. The molecule has 0 saturated heterocycles. The molecule has 0 aliphatic carbocycles. The van der Waals surface area contributed by atoms with Crippen LogP contribution in [0.25, 0.3) is 11.3 Å². The quantitative estimate of drug-likeness (QED) is 0.771. The monoisotopic (exact) mass is 307 g/mol. The third-order valence-electron chi connectivity index (χ3n) is 3.51. The van der Waals surface area contributed by atoms with Crippen molar-refractivity contribution in [1.82, 2.24) is 4.98 Å². The van der Waals surface area contributed by atoms with Gasteiger partial charge in [-0.1, -0.05) is 32.4 Å².